The van der Waals surface area contributed by atoms with Crippen molar-refractivity contribution >= 4 is 11.6 Å². The summed E-state index contributed by atoms with van der Waals surface area (Å²) in [6, 6.07) is 6.19. The Kier molecular flexibility index (Phi) is 5.45. The highest BCUT2D eigenvalue weighted by Crippen LogP contribution is 2.26. The Morgan fingerprint density at radius 2 is 2.05 bits per heavy atom. The van der Waals surface area contributed by atoms with Gasteiger partial charge in [0.25, 0.3) is 0 Å². The van der Waals surface area contributed by atoms with Crippen molar-refractivity contribution in [1.82, 2.24) is 0 Å². The average Bonchev–Trinajstić information content (AvgIpc) is 2.38. The molecule has 0 aliphatic carbocycles. The monoisotopic (exact) mass is 281 g/mol. The normalized spacial score (nSPS) is 13.5. The molecule has 0 aliphatic heterocycles. The molecular formula is C13H19N3O4. The second kappa shape index (κ2) is 6.85. The first-order valence-corrected chi connectivity index (χ1v) is 6.29. The number of unbranched alkanes of at least 4 members (excludes halogenated alkanes) is 1. The van der Waals surface area contributed by atoms with Gasteiger partial charge in [0.2, 0.25) is 5.91 Å². The minimum atomic E-state index is -1.03. The lowest BCUT2D eigenvalue weighted by Crippen LogP contribution is -2.49. The molecule has 0 bridgehead atoms. The molecule has 1 atom stereocenters. The molecule has 1 amide bonds. The van der Waals surface area contributed by atoms with Crippen LogP contribution in [0.25, 0.3) is 0 Å². The topological polar surface area (TPSA) is 121 Å². The number of hydrogen-bond acceptors (Lipinski definition) is 5. The number of ether oxygens (including phenoxy) is 1. The average molecular weight is 281 g/mol. The van der Waals surface area contributed by atoms with Gasteiger partial charge in [-0.05, 0) is 32.3 Å². The summed E-state index contributed by atoms with van der Waals surface area (Å²) in [5.74, 6) is -0.306. The second-order valence-electron chi connectivity index (χ2n) is 4.81. The molecule has 0 saturated carbocycles. The van der Waals surface area contributed by atoms with E-state index in [2.05, 4.69) is 0 Å². The van der Waals surface area contributed by atoms with Gasteiger partial charge in [0, 0.05) is 6.07 Å². The van der Waals surface area contributed by atoms with Gasteiger partial charge in [0.1, 0.15) is 0 Å². The largest absolute Gasteiger partial charge is 0.487 e. The molecule has 0 heterocycles. The van der Waals surface area contributed by atoms with Crippen LogP contribution in [0.15, 0.2) is 24.3 Å². The van der Waals surface area contributed by atoms with E-state index in [-0.39, 0.29) is 11.4 Å². The number of nitrogens with two attached hydrogens (primary N) is 2. The standard InChI is InChI=1S/C13H19N3O4/c1-13(15,12(14)17)8-4-5-9-20-11-7-3-2-6-10(11)16(18)19/h2-3,6-7H,4-5,8-9,15H2,1H3,(H2,14,17). The SMILES string of the molecule is CC(N)(CCCCOc1ccccc1[N+](=O)[O-])C(N)=O. The van der Waals surface area contributed by atoms with Gasteiger partial charge < -0.3 is 16.2 Å². The number of carbonyl (C=O) groups is 1. The fraction of sp³-hybridized carbons (Fsp3) is 0.462. The zero-order valence-corrected chi connectivity index (χ0v) is 11.4. The molecule has 0 spiro atoms. The zero-order valence-electron chi connectivity index (χ0n) is 11.4. The van der Waals surface area contributed by atoms with Gasteiger partial charge in [-0.25, -0.2) is 0 Å². The van der Waals surface area contributed by atoms with Crippen LogP contribution in [0.3, 0.4) is 0 Å². The highest BCUT2D eigenvalue weighted by Gasteiger charge is 2.24. The van der Waals surface area contributed by atoms with Crippen LogP contribution < -0.4 is 16.2 Å². The minimum Gasteiger partial charge on any atom is -0.487 e. The maximum Gasteiger partial charge on any atom is 0.310 e. The first-order valence-electron chi connectivity index (χ1n) is 6.29. The molecule has 0 saturated heterocycles. The zero-order chi connectivity index (χ0) is 15.2. The molecule has 1 aromatic carbocycles. The second-order valence-corrected chi connectivity index (χ2v) is 4.81. The molecule has 110 valence electrons. The lowest BCUT2D eigenvalue weighted by molar-refractivity contribution is -0.385. The van der Waals surface area contributed by atoms with Crippen molar-refractivity contribution in [1.29, 1.82) is 0 Å². The minimum absolute atomic E-state index is 0.0618. The summed E-state index contributed by atoms with van der Waals surface area (Å²) in [5, 5.41) is 10.8. The summed E-state index contributed by atoms with van der Waals surface area (Å²) in [4.78, 5) is 21.3. The van der Waals surface area contributed by atoms with E-state index in [1.165, 1.54) is 6.07 Å². The number of hydrogen-bond donors (Lipinski definition) is 2. The van der Waals surface area contributed by atoms with E-state index in [1.807, 2.05) is 0 Å². The van der Waals surface area contributed by atoms with Gasteiger partial charge in [0.05, 0.1) is 17.1 Å². The first kappa shape index (κ1) is 15.9. The molecule has 20 heavy (non-hydrogen) atoms. The van der Waals surface area contributed by atoms with Gasteiger partial charge >= 0.3 is 5.69 Å². The van der Waals surface area contributed by atoms with Crippen molar-refractivity contribution in [2.75, 3.05) is 6.61 Å². The third-order valence-electron chi connectivity index (χ3n) is 2.97. The number of carbonyl (C=O) groups excluding carboxylic acids is 1. The Hall–Kier alpha value is -2.15. The molecule has 7 heteroatoms. The molecule has 0 aromatic heterocycles. The number of rotatable bonds is 8. The van der Waals surface area contributed by atoms with Crippen molar-refractivity contribution in [3.05, 3.63) is 34.4 Å². The van der Waals surface area contributed by atoms with Crippen LogP contribution in [0.5, 0.6) is 5.75 Å². The molecular weight excluding hydrogens is 262 g/mol. The van der Waals surface area contributed by atoms with Crippen LogP contribution in [0.1, 0.15) is 26.2 Å². The van der Waals surface area contributed by atoms with Crippen molar-refractivity contribution in [2.24, 2.45) is 11.5 Å². The van der Waals surface area contributed by atoms with Crippen LogP contribution in [0.4, 0.5) is 5.69 Å². The van der Waals surface area contributed by atoms with Crippen molar-refractivity contribution < 1.29 is 14.5 Å². The smallest absolute Gasteiger partial charge is 0.310 e. The van der Waals surface area contributed by atoms with Crippen LogP contribution in [-0.4, -0.2) is 23.0 Å². The van der Waals surface area contributed by atoms with E-state index in [9.17, 15) is 14.9 Å². The fourth-order valence-electron chi connectivity index (χ4n) is 1.63. The Bertz CT molecular complexity index is 488. The Morgan fingerprint density at radius 3 is 2.65 bits per heavy atom. The van der Waals surface area contributed by atoms with Crippen molar-refractivity contribution in [3.8, 4) is 5.75 Å². The molecule has 1 unspecified atom stereocenters. The molecule has 0 radical (unpaired) electrons. The summed E-state index contributed by atoms with van der Waals surface area (Å²) in [5.41, 5.74) is 9.78. The molecule has 1 rings (SSSR count). The summed E-state index contributed by atoms with van der Waals surface area (Å²) >= 11 is 0. The van der Waals surface area contributed by atoms with Crippen LogP contribution in [-0.2, 0) is 4.79 Å². The number of nitro groups is 1. The van der Waals surface area contributed by atoms with E-state index < -0.39 is 16.4 Å². The van der Waals surface area contributed by atoms with E-state index in [1.54, 1.807) is 25.1 Å². The number of primary amides is 1. The summed E-state index contributed by atoms with van der Waals surface area (Å²) < 4.78 is 5.37. The van der Waals surface area contributed by atoms with Gasteiger partial charge in [0.15, 0.2) is 5.75 Å². The lowest BCUT2D eigenvalue weighted by Gasteiger charge is -2.19. The van der Waals surface area contributed by atoms with E-state index in [0.29, 0.717) is 25.9 Å². The van der Waals surface area contributed by atoms with E-state index in [4.69, 9.17) is 16.2 Å². The van der Waals surface area contributed by atoms with Crippen molar-refractivity contribution in [2.45, 2.75) is 31.7 Å². The summed E-state index contributed by atoms with van der Waals surface area (Å²) in [6.45, 7) is 1.90. The fourth-order valence-corrected chi connectivity index (χ4v) is 1.63. The summed E-state index contributed by atoms with van der Waals surface area (Å²) in [7, 11) is 0. The molecule has 0 fully saturated rings. The summed E-state index contributed by atoms with van der Waals surface area (Å²) in [6.07, 6.45) is 1.73. The first-order chi connectivity index (χ1) is 9.34. The maximum atomic E-state index is 11.0. The third-order valence-corrected chi connectivity index (χ3v) is 2.97. The predicted molar refractivity (Wildman–Crippen MR) is 74.2 cm³/mol. The van der Waals surface area contributed by atoms with Gasteiger partial charge in [-0.15, -0.1) is 0 Å². The van der Waals surface area contributed by atoms with Crippen molar-refractivity contribution in [3.63, 3.8) is 0 Å². The lowest BCUT2D eigenvalue weighted by atomic mass is 9.96. The molecule has 0 aliphatic rings. The van der Waals surface area contributed by atoms with Gasteiger partial charge in [-0.2, -0.15) is 0 Å². The van der Waals surface area contributed by atoms with Crippen LogP contribution in [0.2, 0.25) is 0 Å². The number of amides is 1. The quantitative estimate of drug-likeness (QED) is 0.423. The Labute approximate surface area is 117 Å². The number of nitro benzene ring substituents is 1. The molecule has 7 nitrogen and oxygen atoms in total. The van der Waals surface area contributed by atoms with E-state index >= 15 is 0 Å². The molecule has 4 N–H and O–H groups in total. The molecule has 1 aromatic rings. The van der Waals surface area contributed by atoms with E-state index in [0.717, 1.165) is 0 Å². The van der Waals surface area contributed by atoms with Gasteiger partial charge in [-0.3, -0.25) is 14.9 Å². The predicted octanol–water partition coefficient (Wildman–Crippen LogP) is 1.35. The Morgan fingerprint density at radius 1 is 1.40 bits per heavy atom. The van der Waals surface area contributed by atoms with Crippen LogP contribution >= 0.6 is 0 Å². The third kappa shape index (κ3) is 4.51. The van der Waals surface area contributed by atoms with Gasteiger partial charge in [-0.1, -0.05) is 12.1 Å². The highest BCUT2D eigenvalue weighted by atomic mass is 16.6. The number of para-hydroxylation sites is 2. The number of benzene rings is 1. The number of nitrogens with zero attached hydrogens (tertiary/aromatic N) is 1. The van der Waals surface area contributed by atoms with Crippen LogP contribution in [0, 0.1) is 10.1 Å². The Balaban J connectivity index is 2.39. The highest BCUT2D eigenvalue weighted by molar-refractivity contribution is 5.83. The maximum absolute atomic E-state index is 11.0.